The molecule has 0 atom stereocenters. The van der Waals surface area contributed by atoms with Crippen LogP contribution in [0.5, 0.6) is 0 Å². The highest BCUT2D eigenvalue weighted by Crippen LogP contribution is 2.08. The van der Waals surface area contributed by atoms with Gasteiger partial charge in [0.15, 0.2) is 0 Å². The van der Waals surface area contributed by atoms with Crippen molar-refractivity contribution in [2.45, 2.75) is 13.3 Å². The summed E-state index contributed by atoms with van der Waals surface area (Å²) in [7, 11) is 0. The highest BCUT2D eigenvalue weighted by molar-refractivity contribution is 7.80. The fourth-order valence-corrected chi connectivity index (χ4v) is 1.19. The highest BCUT2D eigenvalue weighted by Gasteiger charge is 2.33. The van der Waals surface area contributed by atoms with Gasteiger partial charge < -0.3 is 0 Å². The third kappa shape index (κ3) is 2.32. The summed E-state index contributed by atoms with van der Waals surface area (Å²) in [6.07, 6.45) is 0.195. The highest BCUT2D eigenvalue weighted by atomic mass is 32.1. The Morgan fingerprint density at radius 2 is 1.77 bits per heavy atom. The lowest BCUT2D eigenvalue weighted by Crippen LogP contribution is -2.55. The number of nitrogens with one attached hydrogen (secondary N) is 2. The second-order valence-corrected chi connectivity index (χ2v) is 3.46. The Morgan fingerprint density at radius 3 is 2.15 bits per heavy atom. The molecule has 0 aliphatic carbocycles. The molecule has 1 saturated heterocycles. The van der Waals surface area contributed by atoms with Crippen LogP contribution >= 0.6 is 12.2 Å². The van der Waals surface area contributed by atoms with Crippen molar-refractivity contribution in [1.82, 2.24) is 10.6 Å². The van der Waals surface area contributed by atoms with Crippen molar-refractivity contribution < 1.29 is 14.4 Å². The van der Waals surface area contributed by atoms with Crippen molar-refractivity contribution in [3.63, 3.8) is 0 Å². The van der Waals surface area contributed by atoms with Crippen molar-refractivity contribution in [3.8, 4) is 0 Å². The molecule has 0 radical (unpaired) electrons. The zero-order chi connectivity index (χ0) is 10.0. The maximum absolute atomic E-state index is 11.1. The summed E-state index contributed by atoms with van der Waals surface area (Å²) in [5, 5.41) is 3.99. The van der Waals surface area contributed by atoms with E-state index in [1.807, 2.05) is 10.6 Å². The van der Waals surface area contributed by atoms with Crippen LogP contribution in [0.3, 0.4) is 0 Å². The Hall–Kier alpha value is -1.30. The first-order chi connectivity index (χ1) is 6.00. The molecule has 2 N–H and O–H groups in total. The predicted octanol–water partition coefficient (Wildman–Crippen LogP) is -0.251. The zero-order valence-electron chi connectivity index (χ0n) is 6.92. The smallest absolute Gasteiger partial charge is 0.277 e. The summed E-state index contributed by atoms with van der Waals surface area (Å²) in [6, 6.07) is -0.770. The van der Waals surface area contributed by atoms with Crippen LogP contribution in [-0.2, 0) is 9.59 Å². The van der Waals surface area contributed by atoms with Crippen molar-refractivity contribution in [1.29, 1.82) is 0 Å². The van der Waals surface area contributed by atoms with Gasteiger partial charge in [0.2, 0.25) is 11.8 Å². The van der Waals surface area contributed by atoms with Crippen LogP contribution in [0, 0.1) is 5.92 Å². The molecule has 1 rings (SSSR count). The number of amides is 4. The van der Waals surface area contributed by atoms with Crippen LogP contribution in [0.2, 0.25) is 0 Å². The minimum atomic E-state index is -0.866. The largest absolute Gasteiger partial charge is 0.328 e. The Balaban J connectivity index is 2.73. The lowest BCUT2D eigenvalue weighted by molar-refractivity contribution is -0.135. The first kappa shape index (κ1) is 9.79. The molecule has 0 spiro atoms. The van der Waals surface area contributed by atoms with Gasteiger partial charge in [-0.15, -0.1) is 0 Å². The first-order valence-electron chi connectivity index (χ1n) is 3.66. The van der Waals surface area contributed by atoms with Gasteiger partial charge >= 0.3 is 6.03 Å². The number of barbiturate groups is 1. The molecule has 70 valence electrons. The van der Waals surface area contributed by atoms with E-state index in [2.05, 4.69) is 0 Å². The lowest BCUT2D eigenvalue weighted by Gasteiger charge is -2.19. The molecule has 1 aliphatic heterocycles. The third-order valence-corrected chi connectivity index (χ3v) is 1.76. The summed E-state index contributed by atoms with van der Waals surface area (Å²) >= 11 is 4.77. The van der Waals surface area contributed by atoms with E-state index in [4.69, 9.17) is 12.2 Å². The fourth-order valence-electron chi connectivity index (χ4n) is 1.02. The molecule has 1 heterocycles. The van der Waals surface area contributed by atoms with E-state index >= 15 is 0 Å². The van der Waals surface area contributed by atoms with Gasteiger partial charge in [0.05, 0.1) is 0 Å². The molecule has 1 fully saturated rings. The van der Waals surface area contributed by atoms with E-state index in [1.54, 1.807) is 6.92 Å². The summed E-state index contributed by atoms with van der Waals surface area (Å²) < 4.78 is 0. The molecule has 5 nitrogen and oxygen atoms in total. The quantitative estimate of drug-likeness (QED) is 0.476. The molecular formula is C7H8N2O3S. The van der Waals surface area contributed by atoms with Gasteiger partial charge in [-0.2, -0.15) is 0 Å². The van der Waals surface area contributed by atoms with Crippen molar-refractivity contribution >= 4 is 34.9 Å². The standard InChI is InChI=1S/C7H8N2O3S/c1-3(13)2-4-5(10)8-7(12)9-6(4)11/h4H,2H2,1H3,(H2,8,9,10,11,12). The van der Waals surface area contributed by atoms with Crippen LogP contribution in [0.15, 0.2) is 0 Å². The summed E-state index contributed by atoms with van der Waals surface area (Å²) in [6.45, 7) is 1.65. The number of rotatable bonds is 2. The molecule has 0 aromatic heterocycles. The third-order valence-electron chi connectivity index (χ3n) is 1.60. The maximum atomic E-state index is 11.1. The second kappa shape index (κ2) is 3.61. The molecule has 6 heteroatoms. The Labute approximate surface area is 79.9 Å². The second-order valence-electron chi connectivity index (χ2n) is 2.77. The first-order valence-corrected chi connectivity index (χ1v) is 4.06. The zero-order valence-corrected chi connectivity index (χ0v) is 7.73. The number of hydrogen-bond donors (Lipinski definition) is 2. The van der Waals surface area contributed by atoms with E-state index in [0.717, 1.165) is 0 Å². The van der Waals surface area contributed by atoms with Gasteiger partial charge in [0, 0.05) is 0 Å². The van der Waals surface area contributed by atoms with Crippen LogP contribution in [0.1, 0.15) is 13.3 Å². The minimum absolute atomic E-state index is 0.195. The van der Waals surface area contributed by atoms with Gasteiger partial charge in [-0.05, 0) is 18.2 Å². The van der Waals surface area contributed by atoms with E-state index in [1.165, 1.54) is 0 Å². The average Bonchev–Trinajstić information content (AvgIpc) is 1.96. The van der Waals surface area contributed by atoms with Crippen LogP contribution in [-0.4, -0.2) is 22.7 Å². The molecule has 0 saturated carbocycles. The summed E-state index contributed by atoms with van der Waals surface area (Å²) in [5.41, 5.74) is 0. The normalized spacial score (nSPS) is 18.1. The monoisotopic (exact) mass is 200 g/mol. The molecule has 0 bridgehead atoms. The van der Waals surface area contributed by atoms with Gasteiger partial charge in [-0.25, -0.2) is 4.79 Å². The van der Waals surface area contributed by atoms with Crippen molar-refractivity contribution in [2.24, 2.45) is 5.92 Å². The summed E-state index contributed by atoms with van der Waals surface area (Å²) in [4.78, 5) is 33.4. The Bertz CT molecular complexity index is 280. The fraction of sp³-hybridized carbons (Fsp3) is 0.429. The maximum Gasteiger partial charge on any atom is 0.328 e. The van der Waals surface area contributed by atoms with E-state index in [9.17, 15) is 14.4 Å². The number of urea groups is 1. The average molecular weight is 200 g/mol. The molecule has 13 heavy (non-hydrogen) atoms. The number of hydrogen-bond acceptors (Lipinski definition) is 4. The SMILES string of the molecule is CC(=S)CC1C(=O)NC(=O)NC1=O. The number of carbonyl (C=O) groups is 3. The lowest BCUT2D eigenvalue weighted by atomic mass is 10.0. The summed E-state index contributed by atoms with van der Waals surface area (Å²) in [5.74, 6) is -2.04. The number of imide groups is 2. The van der Waals surface area contributed by atoms with E-state index in [0.29, 0.717) is 4.86 Å². The van der Waals surface area contributed by atoms with Crippen LogP contribution in [0.4, 0.5) is 4.79 Å². The van der Waals surface area contributed by atoms with Crippen molar-refractivity contribution in [2.75, 3.05) is 0 Å². The molecule has 1 aliphatic rings. The van der Waals surface area contributed by atoms with Gasteiger partial charge in [0.25, 0.3) is 0 Å². The van der Waals surface area contributed by atoms with E-state index < -0.39 is 23.8 Å². The number of thiocarbonyl (C=S) groups is 1. The number of carbonyl (C=O) groups excluding carboxylic acids is 3. The molecule has 0 aromatic rings. The van der Waals surface area contributed by atoms with Crippen LogP contribution in [0.25, 0.3) is 0 Å². The van der Waals surface area contributed by atoms with E-state index in [-0.39, 0.29) is 6.42 Å². The van der Waals surface area contributed by atoms with Crippen molar-refractivity contribution in [3.05, 3.63) is 0 Å². The topological polar surface area (TPSA) is 75.3 Å². The van der Waals surface area contributed by atoms with Gasteiger partial charge in [-0.3, -0.25) is 20.2 Å². The van der Waals surface area contributed by atoms with Crippen LogP contribution < -0.4 is 10.6 Å². The molecule has 0 aromatic carbocycles. The predicted molar refractivity (Wildman–Crippen MR) is 48.1 cm³/mol. The molecule has 0 unspecified atom stereocenters. The molecule has 4 amide bonds. The minimum Gasteiger partial charge on any atom is -0.277 e. The Kier molecular flexibility index (Phi) is 2.72. The Morgan fingerprint density at radius 1 is 1.31 bits per heavy atom. The van der Waals surface area contributed by atoms with Gasteiger partial charge in [0.1, 0.15) is 5.92 Å². The van der Waals surface area contributed by atoms with Gasteiger partial charge in [-0.1, -0.05) is 12.2 Å². The molecular weight excluding hydrogens is 192 g/mol.